The van der Waals surface area contributed by atoms with Gasteiger partial charge >= 0.3 is 6.18 Å². The van der Waals surface area contributed by atoms with Gasteiger partial charge in [-0.1, -0.05) is 30.0 Å². The number of halogens is 3. The first-order chi connectivity index (χ1) is 12.3. The third-order valence-corrected chi connectivity index (χ3v) is 4.45. The van der Waals surface area contributed by atoms with E-state index >= 15 is 0 Å². The summed E-state index contributed by atoms with van der Waals surface area (Å²) in [5.41, 5.74) is 0.449. The number of rotatable bonds is 8. The van der Waals surface area contributed by atoms with Gasteiger partial charge in [-0.25, -0.2) is 4.98 Å². The normalized spacial score (nSPS) is 11.6. The molecule has 4 nitrogen and oxygen atoms in total. The van der Waals surface area contributed by atoms with Crippen molar-refractivity contribution in [3.05, 3.63) is 54.2 Å². The van der Waals surface area contributed by atoms with Crippen LogP contribution >= 0.6 is 11.8 Å². The van der Waals surface area contributed by atoms with Crippen molar-refractivity contribution >= 4 is 17.7 Å². The average Bonchev–Trinajstić information content (AvgIpc) is 2.58. The van der Waals surface area contributed by atoms with Gasteiger partial charge in [0.25, 0.3) is 5.91 Å². The molecule has 0 spiro atoms. The summed E-state index contributed by atoms with van der Waals surface area (Å²) in [6.07, 6.45) is -2.16. The van der Waals surface area contributed by atoms with Crippen LogP contribution in [0.5, 0.6) is 0 Å². The Hall–Kier alpha value is -2.06. The number of alkyl halides is 3. The minimum absolute atomic E-state index is 0.248. The first-order valence-electron chi connectivity index (χ1n) is 8.06. The molecule has 1 heterocycles. The highest BCUT2D eigenvalue weighted by Crippen LogP contribution is 2.28. The van der Waals surface area contributed by atoms with E-state index < -0.39 is 12.7 Å². The fraction of sp³-hybridized carbons (Fsp3) is 0.333. The summed E-state index contributed by atoms with van der Waals surface area (Å²) in [6.45, 7) is -0.411. The van der Waals surface area contributed by atoms with Gasteiger partial charge in [0.15, 0.2) is 0 Å². The van der Waals surface area contributed by atoms with E-state index in [0.717, 1.165) is 4.90 Å². The molecule has 0 aliphatic rings. The van der Waals surface area contributed by atoms with Gasteiger partial charge in [0, 0.05) is 17.6 Å². The fourth-order valence-electron chi connectivity index (χ4n) is 2.28. The van der Waals surface area contributed by atoms with Gasteiger partial charge in [-0.2, -0.15) is 13.2 Å². The Kier molecular flexibility index (Phi) is 7.47. The second kappa shape index (κ2) is 9.59. The Bertz CT molecular complexity index is 710. The molecule has 0 atom stereocenters. The molecule has 8 heteroatoms. The molecule has 0 bridgehead atoms. The van der Waals surface area contributed by atoms with Crippen LogP contribution < -0.4 is 5.32 Å². The molecule has 0 aliphatic heterocycles. The van der Waals surface area contributed by atoms with Gasteiger partial charge < -0.3 is 5.32 Å². The Morgan fingerprint density at radius 3 is 2.62 bits per heavy atom. The van der Waals surface area contributed by atoms with Crippen LogP contribution in [0.15, 0.2) is 58.6 Å². The van der Waals surface area contributed by atoms with Crippen molar-refractivity contribution in [3.8, 4) is 0 Å². The zero-order valence-electron chi connectivity index (χ0n) is 14.3. The highest BCUT2D eigenvalue weighted by atomic mass is 32.2. The van der Waals surface area contributed by atoms with Crippen LogP contribution in [0.2, 0.25) is 0 Å². The van der Waals surface area contributed by atoms with E-state index in [1.807, 2.05) is 30.3 Å². The number of amides is 1. The first kappa shape index (κ1) is 20.3. The van der Waals surface area contributed by atoms with Crippen molar-refractivity contribution in [3.63, 3.8) is 0 Å². The molecule has 0 aliphatic carbocycles. The van der Waals surface area contributed by atoms with E-state index in [-0.39, 0.29) is 12.5 Å². The van der Waals surface area contributed by atoms with Crippen LogP contribution in [0.4, 0.5) is 13.2 Å². The lowest BCUT2D eigenvalue weighted by atomic mass is 10.2. The van der Waals surface area contributed by atoms with Crippen LogP contribution in [0, 0.1) is 0 Å². The molecule has 2 rings (SSSR count). The summed E-state index contributed by atoms with van der Waals surface area (Å²) in [6, 6.07) is 12.9. The highest BCUT2D eigenvalue weighted by Gasteiger charge is 2.28. The SMILES string of the molecule is CN(CCCNC(=O)c1cccnc1Sc1ccccc1)CC(F)(F)F. The predicted molar refractivity (Wildman–Crippen MR) is 95.3 cm³/mol. The van der Waals surface area contributed by atoms with Gasteiger partial charge in [0.1, 0.15) is 5.03 Å². The molecule has 0 fully saturated rings. The molecule has 1 amide bonds. The molecule has 0 radical (unpaired) electrons. The maximum absolute atomic E-state index is 12.4. The van der Waals surface area contributed by atoms with E-state index in [2.05, 4.69) is 10.3 Å². The molecular formula is C18H20F3N3OS. The predicted octanol–water partition coefficient (Wildman–Crippen LogP) is 3.85. The van der Waals surface area contributed by atoms with Crippen molar-refractivity contribution in [1.82, 2.24) is 15.2 Å². The van der Waals surface area contributed by atoms with Crippen LogP contribution in [-0.4, -0.2) is 48.6 Å². The van der Waals surface area contributed by atoms with Gasteiger partial charge in [0.2, 0.25) is 0 Å². The maximum Gasteiger partial charge on any atom is 0.401 e. The minimum Gasteiger partial charge on any atom is -0.352 e. The molecule has 0 saturated heterocycles. The molecule has 26 heavy (non-hydrogen) atoms. The van der Waals surface area contributed by atoms with Crippen molar-refractivity contribution in [2.45, 2.75) is 22.5 Å². The zero-order valence-corrected chi connectivity index (χ0v) is 15.1. The van der Waals surface area contributed by atoms with Crippen molar-refractivity contribution < 1.29 is 18.0 Å². The quantitative estimate of drug-likeness (QED) is 0.704. The number of carbonyl (C=O) groups is 1. The van der Waals surface area contributed by atoms with E-state index in [9.17, 15) is 18.0 Å². The number of carbonyl (C=O) groups excluding carboxylic acids is 1. The van der Waals surface area contributed by atoms with Gasteiger partial charge in [-0.05, 0) is 44.3 Å². The number of hydrogen-bond acceptors (Lipinski definition) is 4. The molecule has 0 unspecified atom stereocenters. The summed E-state index contributed by atoms with van der Waals surface area (Å²) in [7, 11) is 1.41. The number of pyridine rings is 1. The van der Waals surface area contributed by atoms with Gasteiger partial charge in [0.05, 0.1) is 12.1 Å². The third-order valence-electron chi connectivity index (χ3n) is 3.42. The van der Waals surface area contributed by atoms with Crippen molar-refractivity contribution in [2.24, 2.45) is 0 Å². The number of hydrogen-bond donors (Lipinski definition) is 1. The summed E-state index contributed by atoms with van der Waals surface area (Å²) < 4.78 is 36.8. The van der Waals surface area contributed by atoms with E-state index in [4.69, 9.17) is 0 Å². The second-order valence-corrected chi connectivity index (χ2v) is 6.80. The Balaban J connectivity index is 1.86. The molecular weight excluding hydrogens is 363 g/mol. The molecule has 2 aromatic rings. The lowest BCUT2D eigenvalue weighted by molar-refractivity contribution is -0.143. The summed E-state index contributed by atoms with van der Waals surface area (Å²) in [4.78, 5) is 18.8. The van der Waals surface area contributed by atoms with Crippen molar-refractivity contribution in [1.29, 1.82) is 0 Å². The lowest BCUT2D eigenvalue weighted by Crippen LogP contribution is -2.33. The second-order valence-electron chi connectivity index (χ2n) is 5.73. The van der Waals surface area contributed by atoms with E-state index in [0.29, 0.717) is 23.6 Å². The van der Waals surface area contributed by atoms with Crippen LogP contribution in [0.1, 0.15) is 16.8 Å². The highest BCUT2D eigenvalue weighted by molar-refractivity contribution is 7.99. The Labute approximate surface area is 154 Å². The van der Waals surface area contributed by atoms with Crippen LogP contribution in [0.3, 0.4) is 0 Å². The van der Waals surface area contributed by atoms with Gasteiger partial charge in [-0.15, -0.1) is 0 Å². The maximum atomic E-state index is 12.4. The number of nitrogens with zero attached hydrogens (tertiary/aromatic N) is 2. The Morgan fingerprint density at radius 1 is 1.19 bits per heavy atom. The van der Waals surface area contributed by atoms with E-state index in [1.165, 1.54) is 23.7 Å². The molecule has 1 aromatic carbocycles. The summed E-state index contributed by atoms with van der Waals surface area (Å²) in [5, 5.41) is 3.33. The number of aromatic nitrogens is 1. The third kappa shape index (κ3) is 7.05. The average molecular weight is 383 g/mol. The topological polar surface area (TPSA) is 45.2 Å². The monoisotopic (exact) mass is 383 g/mol. The summed E-state index contributed by atoms with van der Waals surface area (Å²) in [5.74, 6) is -0.282. The lowest BCUT2D eigenvalue weighted by Gasteiger charge is -2.18. The zero-order chi connectivity index (χ0) is 19.0. The smallest absolute Gasteiger partial charge is 0.352 e. The van der Waals surface area contributed by atoms with Crippen LogP contribution in [-0.2, 0) is 0 Å². The molecule has 1 N–H and O–H groups in total. The Morgan fingerprint density at radius 2 is 1.92 bits per heavy atom. The largest absolute Gasteiger partial charge is 0.401 e. The fourth-order valence-corrected chi connectivity index (χ4v) is 3.18. The van der Waals surface area contributed by atoms with E-state index in [1.54, 1.807) is 18.3 Å². The minimum atomic E-state index is -4.21. The summed E-state index contributed by atoms with van der Waals surface area (Å²) >= 11 is 1.39. The van der Waals surface area contributed by atoms with Crippen LogP contribution in [0.25, 0.3) is 0 Å². The van der Waals surface area contributed by atoms with Gasteiger partial charge in [-0.3, -0.25) is 9.69 Å². The standard InChI is InChI=1S/C18H20F3N3OS/c1-24(13-18(19,20)21)12-6-11-22-16(25)15-9-5-10-23-17(15)26-14-7-3-2-4-8-14/h2-5,7-10H,6,11-13H2,1H3,(H,22,25). The molecule has 1 aromatic heterocycles. The molecule has 140 valence electrons. The number of benzene rings is 1. The molecule has 0 saturated carbocycles. The number of nitrogens with one attached hydrogen (secondary N) is 1. The van der Waals surface area contributed by atoms with Crippen molar-refractivity contribution in [2.75, 3.05) is 26.7 Å². The first-order valence-corrected chi connectivity index (χ1v) is 8.88.